The van der Waals surface area contributed by atoms with Crippen molar-refractivity contribution in [2.45, 2.75) is 13.8 Å². The second kappa shape index (κ2) is 10.9. The molecule has 0 bridgehead atoms. The normalized spacial score (nSPS) is 15.2. The van der Waals surface area contributed by atoms with Crippen LogP contribution in [-0.2, 0) is 14.7 Å². The van der Waals surface area contributed by atoms with Gasteiger partial charge in [-0.25, -0.2) is 0 Å². The Labute approximate surface area is 190 Å². The smallest absolute Gasteiger partial charge is 0.293 e. The van der Waals surface area contributed by atoms with Gasteiger partial charge in [0, 0.05) is 18.8 Å². The van der Waals surface area contributed by atoms with E-state index < -0.39 is 5.91 Å². The lowest BCUT2D eigenvalue weighted by atomic mass is 10.2. The molecule has 31 heavy (non-hydrogen) atoms. The van der Waals surface area contributed by atoms with Crippen LogP contribution in [0.4, 0.5) is 17.1 Å². The SMILES string of the molecule is C=COON1C(=O)C(=Cc2ccc(N=Nc3ccc(N(CC)CC)cc3)cc2)SC1=S. The monoisotopic (exact) mass is 454 g/mol. The average Bonchev–Trinajstić information content (AvgIpc) is 3.05. The van der Waals surface area contributed by atoms with Gasteiger partial charge in [-0.2, -0.15) is 10.2 Å². The fourth-order valence-electron chi connectivity index (χ4n) is 2.81. The lowest BCUT2D eigenvalue weighted by molar-refractivity contribution is -0.350. The second-order valence-electron chi connectivity index (χ2n) is 6.29. The van der Waals surface area contributed by atoms with E-state index in [0.717, 1.165) is 47.4 Å². The molecule has 0 radical (unpaired) electrons. The van der Waals surface area contributed by atoms with E-state index in [0.29, 0.717) is 10.6 Å². The molecule has 1 aliphatic heterocycles. The first kappa shape index (κ1) is 22.7. The van der Waals surface area contributed by atoms with Gasteiger partial charge in [-0.3, -0.25) is 4.79 Å². The highest BCUT2D eigenvalue weighted by Gasteiger charge is 2.34. The highest BCUT2D eigenvalue weighted by atomic mass is 32.2. The molecule has 1 amide bonds. The summed E-state index contributed by atoms with van der Waals surface area (Å²) in [5, 5.41) is 9.48. The molecule has 160 valence electrons. The Morgan fingerprint density at radius 1 is 1.06 bits per heavy atom. The maximum atomic E-state index is 12.3. The number of hydrogen-bond acceptors (Lipinski definition) is 8. The largest absolute Gasteiger partial charge is 0.372 e. The van der Waals surface area contributed by atoms with E-state index >= 15 is 0 Å². The van der Waals surface area contributed by atoms with Gasteiger partial charge in [-0.15, -0.1) is 5.06 Å². The summed E-state index contributed by atoms with van der Waals surface area (Å²) in [4.78, 5) is 24.4. The van der Waals surface area contributed by atoms with Gasteiger partial charge in [-0.05, 0) is 74.1 Å². The fourth-order valence-corrected chi connectivity index (χ4v) is 3.95. The topological polar surface area (TPSA) is 66.7 Å². The van der Waals surface area contributed by atoms with Gasteiger partial charge in [0.15, 0.2) is 4.32 Å². The number of anilines is 1. The number of carbonyl (C=O) groups excluding carboxylic acids is 1. The first-order chi connectivity index (χ1) is 15.0. The molecule has 0 atom stereocenters. The van der Waals surface area contributed by atoms with Crippen LogP contribution in [0.5, 0.6) is 0 Å². The predicted octanol–water partition coefficient (Wildman–Crippen LogP) is 6.16. The third kappa shape index (κ3) is 5.78. The molecular weight excluding hydrogens is 432 g/mol. The van der Waals surface area contributed by atoms with Crippen LogP contribution >= 0.6 is 24.0 Å². The summed E-state index contributed by atoms with van der Waals surface area (Å²) in [6.07, 6.45) is 2.79. The zero-order valence-corrected chi connectivity index (χ0v) is 18.9. The van der Waals surface area contributed by atoms with E-state index in [2.05, 4.69) is 40.4 Å². The molecule has 0 saturated carbocycles. The number of carbonyl (C=O) groups is 1. The minimum atomic E-state index is -0.395. The summed E-state index contributed by atoms with van der Waals surface area (Å²) in [5.41, 5.74) is 3.48. The van der Waals surface area contributed by atoms with Crippen molar-refractivity contribution in [3.8, 4) is 0 Å². The average molecular weight is 455 g/mol. The number of amides is 1. The molecule has 0 aromatic heterocycles. The molecule has 0 N–H and O–H groups in total. The third-order valence-corrected chi connectivity index (χ3v) is 5.66. The van der Waals surface area contributed by atoms with Gasteiger partial charge in [0.2, 0.25) is 0 Å². The number of hydrogen-bond donors (Lipinski definition) is 0. The number of thioether (sulfide) groups is 1. The van der Waals surface area contributed by atoms with Crippen molar-refractivity contribution in [2.75, 3.05) is 18.0 Å². The number of benzene rings is 2. The van der Waals surface area contributed by atoms with Crippen LogP contribution in [0.3, 0.4) is 0 Å². The Balaban J connectivity index is 1.65. The number of rotatable bonds is 9. The molecule has 1 fully saturated rings. The maximum absolute atomic E-state index is 12.3. The van der Waals surface area contributed by atoms with Crippen LogP contribution in [0.1, 0.15) is 19.4 Å². The van der Waals surface area contributed by atoms with Crippen LogP contribution in [0.2, 0.25) is 0 Å². The number of thiocarbonyl (C=S) groups is 1. The van der Waals surface area contributed by atoms with Gasteiger partial charge in [0.05, 0.1) is 16.3 Å². The van der Waals surface area contributed by atoms with Crippen LogP contribution in [0, 0.1) is 0 Å². The first-order valence-electron chi connectivity index (χ1n) is 9.64. The van der Waals surface area contributed by atoms with Gasteiger partial charge >= 0.3 is 0 Å². The van der Waals surface area contributed by atoms with E-state index in [1.165, 1.54) is 5.69 Å². The van der Waals surface area contributed by atoms with Crippen molar-refractivity contribution < 1.29 is 14.7 Å². The second-order valence-corrected chi connectivity index (χ2v) is 7.97. The lowest BCUT2D eigenvalue weighted by Gasteiger charge is -2.20. The molecule has 1 aliphatic rings. The predicted molar refractivity (Wildman–Crippen MR) is 128 cm³/mol. The van der Waals surface area contributed by atoms with E-state index in [1.807, 2.05) is 48.5 Å². The van der Waals surface area contributed by atoms with E-state index in [1.54, 1.807) is 6.08 Å². The summed E-state index contributed by atoms with van der Waals surface area (Å²) in [7, 11) is 0. The first-order valence-corrected chi connectivity index (χ1v) is 10.9. The van der Waals surface area contributed by atoms with Crippen molar-refractivity contribution in [1.82, 2.24) is 5.06 Å². The molecule has 3 rings (SSSR count). The van der Waals surface area contributed by atoms with Crippen molar-refractivity contribution in [3.63, 3.8) is 0 Å². The van der Waals surface area contributed by atoms with Crippen LogP contribution in [0.15, 0.2) is 76.5 Å². The van der Waals surface area contributed by atoms with Gasteiger partial charge < -0.3 is 9.79 Å². The standard InChI is InChI=1S/C22H22N4O3S2/c1-4-25(5-2)19-13-11-18(12-14-19)24-23-17-9-7-16(8-10-17)15-20-21(27)26(22(30)31-20)29-28-6-3/h6-15H,3-5H2,1-2H3. The molecule has 1 saturated heterocycles. The van der Waals surface area contributed by atoms with Crippen LogP contribution in [-0.4, -0.2) is 28.4 Å². The highest BCUT2D eigenvalue weighted by molar-refractivity contribution is 8.26. The molecule has 1 heterocycles. The van der Waals surface area contributed by atoms with E-state index in [4.69, 9.17) is 17.2 Å². The van der Waals surface area contributed by atoms with Gasteiger partial charge in [0.25, 0.3) is 5.91 Å². The molecule has 9 heteroatoms. The molecule has 7 nitrogen and oxygen atoms in total. The Hall–Kier alpha value is -3.01. The van der Waals surface area contributed by atoms with Crippen molar-refractivity contribution in [3.05, 3.63) is 71.8 Å². The van der Waals surface area contributed by atoms with Crippen LogP contribution in [0.25, 0.3) is 6.08 Å². The molecule has 2 aromatic rings. The molecule has 0 aliphatic carbocycles. The molecule has 2 aromatic carbocycles. The number of azo groups is 1. The minimum Gasteiger partial charge on any atom is -0.372 e. The van der Waals surface area contributed by atoms with E-state index in [9.17, 15) is 4.79 Å². The van der Waals surface area contributed by atoms with Gasteiger partial charge in [-0.1, -0.05) is 35.5 Å². The van der Waals surface area contributed by atoms with Gasteiger partial charge in [0.1, 0.15) is 6.26 Å². The van der Waals surface area contributed by atoms with Crippen LogP contribution < -0.4 is 4.90 Å². The minimum absolute atomic E-state index is 0.246. The Kier molecular flexibility index (Phi) is 7.94. The highest BCUT2D eigenvalue weighted by Crippen LogP contribution is 2.33. The summed E-state index contributed by atoms with van der Waals surface area (Å²) >= 11 is 6.25. The number of nitrogens with zero attached hydrogens (tertiary/aromatic N) is 4. The molecule has 0 unspecified atom stereocenters. The number of hydroxylamine groups is 2. The zero-order valence-electron chi connectivity index (χ0n) is 17.2. The summed E-state index contributed by atoms with van der Waals surface area (Å²) in [6.45, 7) is 9.54. The maximum Gasteiger partial charge on any atom is 0.293 e. The summed E-state index contributed by atoms with van der Waals surface area (Å²) in [6, 6.07) is 15.4. The zero-order chi connectivity index (χ0) is 22.2. The Morgan fingerprint density at radius 3 is 2.19 bits per heavy atom. The Morgan fingerprint density at radius 2 is 1.65 bits per heavy atom. The summed E-state index contributed by atoms with van der Waals surface area (Å²) < 4.78 is 0.246. The van der Waals surface area contributed by atoms with Crippen molar-refractivity contribution in [1.29, 1.82) is 0 Å². The van der Waals surface area contributed by atoms with Crippen molar-refractivity contribution >= 4 is 57.3 Å². The van der Waals surface area contributed by atoms with E-state index in [-0.39, 0.29) is 4.32 Å². The molecule has 0 spiro atoms. The van der Waals surface area contributed by atoms with Crippen molar-refractivity contribution in [2.24, 2.45) is 10.2 Å². The molecular formula is C22H22N4O3S2. The Bertz CT molecular complexity index is 1000. The lowest BCUT2D eigenvalue weighted by Crippen LogP contribution is -2.27. The third-order valence-electron chi connectivity index (χ3n) is 4.39. The quantitative estimate of drug-likeness (QED) is 0.113. The summed E-state index contributed by atoms with van der Waals surface area (Å²) in [5.74, 6) is -0.395. The fraction of sp³-hybridized carbons (Fsp3) is 0.182.